The van der Waals surface area contributed by atoms with Crippen LogP contribution in [0.25, 0.3) is 0 Å². The zero-order chi connectivity index (χ0) is 15.0. The Kier molecular flexibility index (Phi) is 3.49. The minimum atomic E-state index is 0.0341. The second kappa shape index (κ2) is 5.19. The van der Waals surface area contributed by atoms with E-state index < -0.39 is 0 Å². The maximum absolute atomic E-state index is 5.96. The lowest BCUT2D eigenvalue weighted by molar-refractivity contribution is 0.414. The van der Waals surface area contributed by atoms with Crippen LogP contribution in [0.2, 0.25) is 5.28 Å². The number of methoxy groups -OCH3 is 1. The number of ether oxygens (including phenoxy) is 1. The Morgan fingerprint density at radius 3 is 2.67 bits per heavy atom. The van der Waals surface area contributed by atoms with Crippen LogP contribution in [0.1, 0.15) is 25.0 Å². The van der Waals surface area contributed by atoms with Crippen molar-refractivity contribution in [3.63, 3.8) is 0 Å². The lowest BCUT2D eigenvalue weighted by Crippen LogP contribution is -2.28. The number of nitrogens with zero attached hydrogens (tertiary/aromatic N) is 3. The van der Waals surface area contributed by atoms with Crippen molar-refractivity contribution >= 4 is 17.4 Å². The van der Waals surface area contributed by atoms with Crippen LogP contribution >= 0.6 is 11.6 Å². The van der Waals surface area contributed by atoms with Crippen molar-refractivity contribution in [1.82, 2.24) is 9.97 Å². The molecule has 0 fully saturated rings. The molecule has 0 amide bonds. The second-order valence-corrected chi connectivity index (χ2v) is 6.30. The summed E-state index contributed by atoms with van der Waals surface area (Å²) in [5.74, 6) is 1.81. The lowest BCUT2D eigenvalue weighted by Gasteiger charge is -2.21. The van der Waals surface area contributed by atoms with E-state index in [1.807, 2.05) is 18.3 Å². The summed E-state index contributed by atoms with van der Waals surface area (Å²) in [5, 5.41) is 0.297. The van der Waals surface area contributed by atoms with Crippen LogP contribution in [-0.4, -0.2) is 23.6 Å². The van der Waals surface area contributed by atoms with E-state index in [0.717, 1.165) is 30.2 Å². The molecule has 21 heavy (non-hydrogen) atoms. The van der Waals surface area contributed by atoms with Crippen LogP contribution in [0, 0.1) is 0 Å². The molecular weight excluding hydrogens is 286 g/mol. The summed E-state index contributed by atoms with van der Waals surface area (Å²) in [5.41, 5.74) is 2.40. The van der Waals surface area contributed by atoms with Gasteiger partial charge in [0.25, 0.3) is 0 Å². The summed E-state index contributed by atoms with van der Waals surface area (Å²) in [4.78, 5) is 10.8. The van der Waals surface area contributed by atoms with Crippen LogP contribution in [0.4, 0.5) is 5.82 Å². The largest absolute Gasteiger partial charge is 0.497 e. The van der Waals surface area contributed by atoms with E-state index in [0.29, 0.717) is 5.28 Å². The Balaban J connectivity index is 1.88. The standard InChI is InChI=1S/C16H18ClN3O/c1-16(2)10-20(14-13(16)8-18-15(17)19-14)9-11-4-6-12(21-3)7-5-11/h4-8H,9-10H2,1-3H3. The van der Waals surface area contributed by atoms with Crippen molar-refractivity contribution in [3.05, 3.63) is 46.9 Å². The van der Waals surface area contributed by atoms with Crippen molar-refractivity contribution < 1.29 is 4.74 Å². The van der Waals surface area contributed by atoms with Gasteiger partial charge in [0.2, 0.25) is 5.28 Å². The zero-order valence-electron chi connectivity index (χ0n) is 12.4. The van der Waals surface area contributed by atoms with Gasteiger partial charge in [-0.1, -0.05) is 26.0 Å². The smallest absolute Gasteiger partial charge is 0.224 e. The Labute approximate surface area is 129 Å². The van der Waals surface area contributed by atoms with Gasteiger partial charge in [-0.3, -0.25) is 0 Å². The molecule has 0 N–H and O–H groups in total. The molecule has 0 bridgehead atoms. The topological polar surface area (TPSA) is 38.2 Å². The Morgan fingerprint density at radius 2 is 2.00 bits per heavy atom. The Bertz CT molecular complexity index is 655. The number of anilines is 1. The third kappa shape index (κ3) is 2.68. The maximum atomic E-state index is 5.96. The van der Waals surface area contributed by atoms with Gasteiger partial charge in [-0.15, -0.1) is 0 Å². The molecular formula is C16H18ClN3O. The van der Waals surface area contributed by atoms with Gasteiger partial charge in [0.1, 0.15) is 11.6 Å². The summed E-state index contributed by atoms with van der Waals surface area (Å²) < 4.78 is 5.19. The first-order valence-electron chi connectivity index (χ1n) is 6.90. The van der Waals surface area contributed by atoms with Gasteiger partial charge in [0.15, 0.2) is 0 Å². The van der Waals surface area contributed by atoms with Crippen molar-refractivity contribution in [3.8, 4) is 5.75 Å². The molecule has 1 aliphatic rings. The predicted molar refractivity (Wildman–Crippen MR) is 84.1 cm³/mol. The molecule has 4 nitrogen and oxygen atoms in total. The summed E-state index contributed by atoms with van der Waals surface area (Å²) in [6.45, 7) is 6.12. The van der Waals surface area contributed by atoms with Crippen molar-refractivity contribution in [2.75, 3.05) is 18.6 Å². The first-order chi connectivity index (χ1) is 9.99. The fourth-order valence-electron chi connectivity index (χ4n) is 2.79. The van der Waals surface area contributed by atoms with E-state index in [-0.39, 0.29) is 5.41 Å². The molecule has 3 rings (SSSR count). The molecule has 0 saturated heterocycles. The Hall–Kier alpha value is -1.81. The normalized spacial score (nSPS) is 15.9. The minimum absolute atomic E-state index is 0.0341. The van der Waals surface area contributed by atoms with Gasteiger partial charge in [-0.2, -0.15) is 0 Å². The summed E-state index contributed by atoms with van der Waals surface area (Å²) >= 11 is 5.96. The monoisotopic (exact) mass is 303 g/mol. The number of hydrogen-bond acceptors (Lipinski definition) is 4. The van der Waals surface area contributed by atoms with Crippen LogP contribution < -0.4 is 9.64 Å². The highest BCUT2D eigenvalue weighted by atomic mass is 35.5. The molecule has 5 heteroatoms. The van der Waals surface area contributed by atoms with Gasteiger partial charge in [-0.05, 0) is 29.3 Å². The molecule has 110 valence electrons. The number of rotatable bonds is 3. The molecule has 0 radical (unpaired) electrons. The van der Waals surface area contributed by atoms with Crippen LogP contribution in [0.3, 0.4) is 0 Å². The highest BCUT2D eigenvalue weighted by Crippen LogP contribution is 2.39. The van der Waals surface area contributed by atoms with Gasteiger partial charge in [0, 0.05) is 30.3 Å². The third-order valence-corrected chi connectivity index (χ3v) is 4.07. The molecule has 1 aromatic heterocycles. The zero-order valence-corrected chi connectivity index (χ0v) is 13.2. The van der Waals surface area contributed by atoms with E-state index in [1.54, 1.807) is 7.11 Å². The molecule has 0 atom stereocenters. The molecule has 0 spiro atoms. The lowest BCUT2D eigenvalue weighted by atomic mass is 9.89. The third-order valence-electron chi connectivity index (χ3n) is 3.89. The minimum Gasteiger partial charge on any atom is -0.497 e. The molecule has 0 saturated carbocycles. The number of benzene rings is 1. The summed E-state index contributed by atoms with van der Waals surface area (Å²) in [7, 11) is 1.67. The van der Waals surface area contributed by atoms with Gasteiger partial charge in [-0.25, -0.2) is 9.97 Å². The van der Waals surface area contributed by atoms with Crippen LogP contribution in [0.15, 0.2) is 30.5 Å². The first kappa shape index (κ1) is 14.1. The van der Waals surface area contributed by atoms with E-state index in [9.17, 15) is 0 Å². The fourth-order valence-corrected chi connectivity index (χ4v) is 2.92. The van der Waals surface area contributed by atoms with Gasteiger partial charge >= 0.3 is 0 Å². The fraction of sp³-hybridized carbons (Fsp3) is 0.375. The summed E-state index contributed by atoms with van der Waals surface area (Å²) in [6, 6.07) is 8.11. The quantitative estimate of drug-likeness (QED) is 0.814. The van der Waals surface area contributed by atoms with Crippen molar-refractivity contribution in [1.29, 1.82) is 0 Å². The Morgan fingerprint density at radius 1 is 1.29 bits per heavy atom. The molecule has 1 aromatic carbocycles. The van der Waals surface area contributed by atoms with Gasteiger partial charge < -0.3 is 9.64 Å². The van der Waals surface area contributed by atoms with Gasteiger partial charge in [0.05, 0.1) is 7.11 Å². The molecule has 0 unspecified atom stereocenters. The molecule has 2 heterocycles. The maximum Gasteiger partial charge on any atom is 0.224 e. The van der Waals surface area contributed by atoms with E-state index in [1.165, 1.54) is 5.56 Å². The van der Waals surface area contributed by atoms with E-state index >= 15 is 0 Å². The summed E-state index contributed by atoms with van der Waals surface area (Å²) in [6.07, 6.45) is 1.85. The van der Waals surface area contributed by atoms with Crippen LogP contribution in [0.5, 0.6) is 5.75 Å². The number of fused-ring (bicyclic) bond motifs is 1. The average Bonchev–Trinajstić information content (AvgIpc) is 2.70. The predicted octanol–water partition coefficient (Wildman–Crippen LogP) is 3.44. The van der Waals surface area contributed by atoms with Crippen molar-refractivity contribution in [2.45, 2.75) is 25.8 Å². The second-order valence-electron chi connectivity index (χ2n) is 5.96. The first-order valence-corrected chi connectivity index (χ1v) is 7.28. The number of aromatic nitrogens is 2. The van der Waals surface area contributed by atoms with E-state index in [4.69, 9.17) is 16.3 Å². The average molecular weight is 304 g/mol. The molecule has 1 aliphatic heterocycles. The van der Waals surface area contributed by atoms with Crippen molar-refractivity contribution in [2.24, 2.45) is 0 Å². The highest BCUT2D eigenvalue weighted by Gasteiger charge is 2.36. The van der Waals surface area contributed by atoms with Crippen LogP contribution in [-0.2, 0) is 12.0 Å². The SMILES string of the molecule is COc1ccc(CN2CC(C)(C)c3cnc(Cl)nc32)cc1. The molecule has 2 aromatic rings. The number of hydrogen-bond donors (Lipinski definition) is 0. The molecule has 0 aliphatic carbocycles. The number of halogens is 1. The highest BCUT2D eigenvalue weighted by molar-refractivity contribution is 6.28. The van der Waals surface area contributed by atoms with E-state index in [2.05, 4.69) is 40.8 Å².